The molecule has 0 bridgehead atoms. The fourth-order valence-corrected chi connectivity index (χ4v) is 6.49. The van der Waals surface area contributed by atoms with E-state index in [2.05, 4.69) is 21.7 Å². The lowest BCUT2D eigenvalue weighted by Crippen LogP contribution is -2.47. The van der Waals surface area contributed by atoms with Crippen molar-refractivity contribution in [3.05, 3.63) is 39.8 Å². The van der Waals surface area contributed by atoms with Crippen molar-refractivity contribution in [2.24, 2.45) is 11.3 Å². The quantitative estimate of drug-likeness (QED) is 0.363. The van der Waals surface area contributed by atoms with Gasteiger partial charge in [0.1, 0.15) is 10.6 Å². The predicted octanol–water partition coefficient (Wildman–Crippen LogP) is 6.60. The number of carboxylic acids is 1. The van der Waals surface area contributed by atoms with Gasteiger partial charge in [0.25, 0.3) is 0 Å². The van der Waals surface area contributed by atoms with E-state index in [1.165, 1.54) is 11.3 Å². The summed E-state index contributed by atoms with van der Waals surface area (Å²) in [6, 6.07) is 3.76. The minimum absolute atomic E-state index is 0.0302. The molecule has 0 spiro atoms. The smallest absolute Gasteiger partial charge is 0.348 e. The fourth-order valence-electron chi connectivity index (χ4n) is 5.65. The Kier molecular flexibility index (Phi) is 9.91. The molecule has 8 heteroatoms. The molecule has 2 fully saturated rings. The van der Waals surface area contributed by atoms with Gasteiger partial charge < -0.3 is 19.6 Å². The van der Waals surface area contributed by atoms with Crippen molar-refractivity contribution in [3.63, 3.8) is 0 Å². The molecule has 1 N–H and O–H groups in total. The highest BCUT2D eigenvalue weighted by atomic mass is 32.1. The summed E-state index contributed by atoms with van der Waals surface area (Å²) in [4.78, 5) is 35.6. The molecule has 40 heavy (non-hydrogen) atoms. The average Bonchev–Trinajstić information content (AvgIpc) is 3.34. The SMILES string of the molecule is CN(C)Cc1ccncc1O[C@H]1CC[C@H](N(C(=O)C2CCCCC2)c2cc(C#CC(C)(C)C)sc2C(=O)O)CC1. The largest absolute Gasteiger partial charge is 0.488 e. The molecule has 0 saturated heterocycles. The number of nitrogens with zero attached hydrogens (tertiary/aromatic N) is 3. The Balaban J connectivity index is 1.58. The Morgan fingerprint density at radius 1 is 1.10 bits per heavy atom. The molecule has 2 heterocycles. The summed E-state index contributed by atoms with van der Waals surface area (Å²) in [6.07, 6.45) is 11.7. The Labute approximate surface area is 242 Å². The van der Waals surface area contributed by atoms with Crippen LogP contribution in [0.1, 0.15) is 98.7 Å². The van der Waals surface area contributed by atoms with Crippen LogP contribution in [0, 0.1) is 23.2 Å². The normalized spacial score (nSPS) is 20.1. The van der Waals surface area contributed by atoms with Crippen LogP contribution >= 0.6 is 11.3 Å². The van der Waals surface area contributed by atoms with Crippen LogP contribution in [0.5, 0.6) is 5.75 Å². The summed E-state index contributed by atoms with van der Waals surface area (Å²) < 4.78 is 6.42. The third kappa shape index (κ3) is 7.86. The van der Waals surface area contributed by atoms with Crippen molar-refractivity contribution in [1.82, 2.24) is 9.88 Å². The fraction of sp³-hybridized carbons (Fsp3) is 0.594. The van der Waals surface area contributed by atoms with Gasteiger partial charge in [-0.15, -0.1) is 11.3 Å². The zero-order chi connectivity index (χ0) is 28.9. The highest BCUT2D eigenvalue weighted by Gasteiger charge is 2.37. The van der Waals surface area contributed by atoms with Crippen LogP contribution in [0.15, 0.2) is 24.5 Å². The van der Waals surface area contributed by atoms with E-state index in [0.717, 1.165) is 75.6 Å². The average molecular weight is 566 g/mol. The number of amides is 1. The first-order valence-corrected chi connectivity index (χ1v) is 15.3. The lowest BCUT2D eigenvalue weighted by molar-refractivity contribution is -0.124. The molecular weight excluding hydrogens is 522 g/mol. The molecule has 0 aliphatic heterocycles. The molecule has 2 aromatic rings. The molecule has 1 amide bonds. The molecule has 0 unspecified atom stereocenters. The van der Waals surface area contributed by atoms with Crippen molar-refractivity contribution in [1.29, 1.82) is 0 Å². The number of rotatable bonds is 8. The third-order valence-corrected chi connectivity index (χ3v) is 8.61. The predicted molar refractivity (Wildman–Crippen MR) is 160 cm³/mol. The first-order chi connectivity index (χ1) is 19.0. The minimum Gasteiger partial charge on any atom is -0.488 e. The number of hydrogen-bond acceptors (Lipinski definition) is 6. The number of thiophene rings is 1. The summed E-state index contributed by atoms with van der Waals surface area (Å²) >= 11 is 1.17. The molecule has 2 saturated carbocycles. The van der Waals surface area contributed by atoms with Gasteiger partial charge in [0.05, 0.1) is 22.9 Å². The first kappa shape index (κ1) is 30.1. The number of carbonyl (C=O) groups excluding carboxylic acids is 1. The molecule has 0 atom stereocenters. The second-order valence-corrected chi connectivity index (χ2v) is 13.5. The Morgan fingerprint density at radius 3 is 2.42 bits per heavy atom. The van der Waals surface area contributed by atoms with Gasteiger partial charge in [0.15, 0.2) is 0 Å². The van der Waals surface area contributed by atoms with Crippen LogP contribution in [0.25, 0.3) is 0 Å². The summed E-state index contributed by atoms with van der Waals surface area (Å²) in [5.74, 6) is 6.19. The number of aromatic carboxylic acids is 1. The van der Waals surface area contributed by atoms with E-state index in [9.17, 15) is 14.7 Å². The number of hydrogen-bond donors (Lipinski definition) is 1. The van der Waals surface area contributed by atoms with Crippen molar-refractivity contribution >= 4 is 28.9 Å². The Hall–Kier alpha value is -2.89. The van der Waals surface area contributed by atoms with Crippen molar-refractivity contribution in [3.8, 4) is 17.6 Å². The Bertz CT molecular complexity index is 1240. The standard InChI is InChI=1S/C32H43N3O4S/c1-32(2,3)17-15-26-19-27(29(40-26)31(37)38)35(30(36)22-9-7-6-8-10-22)24-11-13-25(14-12-24)39-28-20-33-18-16-23(28)21-34(4)5/h16,18-20,22,24-25H,6-14,21H2,1-5H3,(H,37,38)/t24-,25-. The first-order valence-electron chi connectivity index (χ1n) is 14.5. The van der Waals surface area contributed by atoms with Gasteiger partial charge >= 0.3 is 5.97 Å². The van der Waals surface area contributed by atoms with Crippen LogP contribution in [0.3, 0.4) is 0 Å². The molecule has 0 aromatic carbocycles. The number of pyridine rings is 1. The second-order valence-electron chi connectivity index (χ2n) is 12.4. The minimum atomic E-state index is -1.01. The van der Waals surface area contributed by atoms with E-state index in [4.69, 9.17) is 4.74 Å². The van der Waals surface area contributed by atoms with E-state index in [1.807, 2.05) is 51.9 Å². The molecule has 7 nitrogen and oxygen atoms in total. The van der Waals surface area contributed by atoms with Crippen molar-refractivity contribution < 1.29 is 19.4 Å². The highest BCUT2D eigenvalue weighted by molar-refractivity contribution is 7.15. The van der Waals surface area contributed by atoms with E-state index in [-0.39, 0.29) is 34.3 Å². The van der Waals surface area contributed by atoms with Gasteiger partial charge in [0.2, 0.25) is 5.91 Å². The van der Waals surface area contributed by atoms with Crippen molar-refractivity contribution in [2.45, 2.75) is 97.2 Å². The number of anilines is 1. The van der Waals surface area contributed by atoms with Crippen LogP contribution in [-0.2, 0) is 11.3 Å². The summed E-state index contributed by atoms with van der Waals surface area (Å²) in [5, 5.41) is 10.1. The zero-order valence-electron chi connectivity index (χ0n) is 24.5. The van der Waals surface area contributed by atoms with E-state index in [1.54, 1.807) is 12.4 Å². The summed E-state index contributed by atoms with van der Waals surface area (Å²) in [6.45, 7) is 6.86. The maximum absolute atomic E-state index is 14.1. The second kappa shape index (κ2) is 13.2. The number of carbonyl (C=O) groups is 2. The van der Waals surface area contributed by atoms with Crippen LogP contribution in [-0.4, -0.2) is 53.1 Å². The van der Waals surface area contributed by atoms with Gasteiger partial charge in [0, 0.05) is 35.7 Å². The molecule has 216 valence electrons. The van der Waals surface area contributed by atoms with Crippen LogP contribution in [0.2, 0.25) is 0 Å². The van der Waals surface area contributed by atoms with Gasteiger partial charge in [-0.05, 0) is 85.5 Å². The monoisotopic (exact) mass is 565 g/mol. The molecule has 2 aromatic heterocycles. The van der Waals surface area contributed by atoms with E-state index >= 15 is 0 Å². The number of ether oxygens (including phenoxy) is 1. The lowest BCUT2D eigenvalue weighted by atomic mass is 9.86. The molecule has 2 aliphatic rings. The van der Waals surface area contributed by atoms with E-state index < -0.39 is 5.97 Å². The van der Waals surface area contributed by atoms with Gasteiger partial charge in [-0.3, -0.25) is 9.78 Å². The third-order valence-electron chi connectivity index (χ3n) is 7.58. The van der Waals surface area contributed by atoms with Gasteiger partial charge in [-0.2, -0.15) is 0 Å². The Morgan fingerprint density at radius 2 is 1.80 bits per heavy atom. The topological polar surface area (TPSA) is 83.0 Å². The van der Waals surface area contributed by atoms with Crippen LogP contribution < -0.4 is 9.64 Å². The lowest BCUT2D eigenvalue weighted by Gasteiger charge is -2.39. The zero-order valence-corrected chi connectivity index (χ0v) is 25.4. The summed E-state index contributed by atoms with van der Waals surface area (Å²) in [7, 11) is 4.06. The molecule has 0 radical (unpaired) electrons. The molecule has 4 rings (SSSR count). The maximum atomic E-state index is 14.1. The molecular formula is C32H43N3O4S. The van der Waals surface area contributed by atoms with Gasteiger partial charge in [-0.25, -0.2) is 4.79 Å². The van der Waals surface area contributed by atoms with E-state index in [0.29, 0.717) is 10.6 Å². The summed E-state index contributed by atoms with van der Waals surface area (Å²) in [5.41, 5.74) is 1.41. The highest BCUT2D eigenvalue weighted by Crippen LogP contribution is 2.39. The number of carboxylic acid groups (broad SMARTS) is 1. The maximum Gasteiger partial charge on any atom is 0.348 e. The van der Waals surface area contributed by atoms with Crippen LogP contribution in [0.4, 0.5) is 5.69 Å². The van der Waals surface area contributed by atoms with Gasteiger partial charge in [-0.1, -0.05) is 31.1 Å². The number of aromatic nitrogens is 1. The molecule has 2 aliphatic carbocycles. The van der Waals surface area contributed by atoms with Crippen molar-refractivity contribution in [2.75, 3.05) is 19.0 Å².